The van der Waals surface area contributed by atoms with Gasteiger partial charge in [-0.1, -0.05) is 23.4 Å². The van der Waals surface area contributed by atoms with Crippen LogP contribution in [0.25, 0.3) is 0 Å². The summed E-state index contributed by atoms with van der Waals surface area (Å²) in [5, 5.41) is 0.775. The Hall–Kier alpha value is -2.27. The van der Waals surface area contributed by atoms with Crippen molar-refractivity contribution in [1.29, 1.82) is 0 Å². The van der Waals surface area contributed by atoms with Gasteiger partial charge in [0.1, 0.15) is 11.0 Å². The number of anilines is 1. The molecule has 3 amide bonds. The predicted octanol–water partition coefficient (Wildman–Crippen LogP) is 1.97. The minimum atomic E-state index is -0.337. The van der Waals surface area contributed by atoms with E-state index in [4.69, 9.17) is 16.3 Å². The highest BCUT2D eigenvalue weighted by atomic mass is 35.5. The lowest BCUT2D eigenvalue weighted by atomic mass is 10.1. The van der Waals surface area contributed by atoms with Crippen LogP contribution in [0, 0.1) is 5.92 Å². The molecule has 3 aliphatic rings. The molecular weight excluding hydrogens is 480 g/mol. The fourth-order valence-corrected chi connectivity index (χ4v) is 5.22. The Balaban J connectivity index is 1.29. The smallest absolute Gasteiger partial charge is 0.409 e. The molecule has 2 saturated heterocycles. The van der Waals surface area contributed by atoms with Gasteiger partial charge >= 0.3 is 6.09 Å². The number of ether oxygens (including phenoxy) is 1. The second-order valence-corrected chi connectivity index (χ2v) is 10.1. The van der Waals surface area contributed by atoms with Gasteiger partial charge in [0, 0.05) is 63.8 Å². The van der Waals surface area contributed by atoms with Gasteiger partial charge in [-0.3, -0.25) is 9.59 Å². The lowest BCUT2D eigenvalue weighted by Gasteiger charge is -2.40. The summed E-state index contributed by atoms with van der Waals surface area (Å²) in [5.41, 5.74) is 0. The minimum Gasteiger partial charge on any atom is -0.450 e. The van der Waals surface area contributed by atoms with Gasteiger partial charge in [-0.05, 0) is 26.7 Å². The highest BCUT2D eigenvalue weighted by Gasteiger charge is 2.37. The maximum Gasteiger partial charge on any atom is 0.409 e. The molecular formula is C22H31ClN6O4S. The molecule has 0 N–H and O–H groups in total. The Bertz CT molecular complexity index is 925. The van der Waals surface area contributed by atoms with Crippen molar-refractivity contribution in [2.24, 2.45) is 5.92 Å². The molecule has 3 fully saturated rings. The highest BCUT2D eigenvalue weighted by Crippen LogP contribution is 2.33. The zero-order chi connectivity index (χ0) is 24.2. The Kier molecular flexibility index (Phi) is 8.02. The van der Waals surface area contributed by atoms with Crippen molar-refractivity contribution in [3.63, 3.8) is 0 Å². The van der Waals surface area contributed by atoms with Crippen LogP contribution in [-0.2, 0) is 14.3 Å². The molecule has 0 bridgehead atoms. The fraction of sp³-hybridized carbons (Fsp3) is 0.682. The molecule has 10 nitrogen and oxygen atoms in total. The van der Waals surface area contributed by atoms with Crippen molar-refractivity contribution in [3.8, 4) is 0 Å². The zero-order valence-electron chi connectivity index (χ0n) is 19.6. The summed E-state index contributed by atoms with van der Waals surface area (Å²) in [7, 11) is 0. The molecule has 2 aliphatic heterocycles. The Morgan fingerprint density at radius 1 is 1.09 bits per heavy atom. The molecule has 1 saturated carbocycles. The van der Waals surface area contributed by atoms with Gasteiger partial charge in [-0.15, -0.1) is 0 Å². The summed E-state index contributed by atoms with van der Waals surface area (Å²) in [4.78, 5) is 53.4. The summed E-state index contributed by atoms with van der Waals surface area (Å²) < 4.78 is 5.02. The van der Waals surface area contributed by atoms with Gasteiger partial charge in [0.15, 0.2) is 5.16 Å². The summed E-state index contributed by atoms with van der Waals surface area (Å²) in [6.07, 6.45) is 1.68. The van der Waals surface area contributed by atoms with Crippen LogP contribution < -0.4 is 4.90 Å². The number of hydrogen-bond acceptors (Lipinski definition) is 8. The maximum absolute atomic E-state index is 12.7. The molecule has 3 heterocycles. The quantitative estimate of drug-likeness (QED) is 0.325. The van der Waals surface area contributed by atoms with Gasteiger partial charge in [-0.25, -0.2) is 14.8 Å². The maximum atomic E-state index is 12.7. The van der Waals surface area contributed by atoms with E-state index < -0.39 is 0 Å². The average Bonchev–Trinajstić information content (AvgIpc) is 3.67. The number of carbonyl (C=O) groups excluding carboxylic acids is 3. The lowest BCUT2D eigenvalue weighted by molar-refractivity contribution is -0.135. The lowest BCUT2D eigenvalue weighted by Crippen LogP contribution is -2.54. The normalized spacial score (nSPS) is 21.0. The largest absolute Gasteiger partial charge is 0.450 e. The molecule has 0 radical (unpaired) electrons. The molecule has 0 aromatic carbocycles. The Labute approximate surface area is 208 Å². The average molecular weight is 511 g/mol. The number of rotatable bonds is 6. The van der Waals surface area contributed by atoms with Crippen LogP contribution in [0.15, 0.2) is 11.2 Å². The molecule has 1 aromatic heterocycles. The standard InChI is InChI=1S/C22H31ClN6O4S/c1-3-33-22(32)27-8-6-26(7-9-27)19(30)14-34-21-24-17(23)12-18(25-21)28-10-11-29(15(2)13-28)20(31)16-4-5-16/h12,15-16H,3-11,13-14H2,1-2H3. The number of carbonyl (C=O) groups is 3. The van der Waals surface area contributed by atoms with E-state index in [0.29, 0.717) is 68.5 Å². The van der Waals surface area contributed by atoms with Crippen molar-refractivity contribution in [2.45, 2.75) is 37.9 Å². The van der Waals surface area contributed by atoms with Gasteiger partial charge in [0.2, 0.25) is 11.8 Å². The number of aromatic nitrogens is 2. The number of piperazine rings is 2. The Morgan fingerprint density at radius 2 is 1.79 bits per heavy atom. The van der Waals surface area contributed by atoms with Crippen molar-refractivity contribution < 1.29 is 19.1 Å². The molecule has 34 heavy (non-hydrogen) atoms. The third-order valence-corrected chi connectivity index (χ3v) is 7.33. The zero-order valence-corrected chi connectivity index (χ0v) is 21.2. The van der Waals surface area contributed by atoms with Crippen molar-refractivity contribution in [3.05, 3.63) is 11.2 Å². The molecule has 1 atom stereocenters. The van der Waals surface area contributed by atoms with Gasteiger partial charge in [0.25, 0.3) is 0 Å². The van der Waals surface area contributed by atoms with Crippen molar-refractivity contribution in [2.75, 3.05) is 63.1 Å². The SMILES string of the molecule is CCOC(=O)N1CCN(C(=O)CSc2nc(Cl)cc(N3CCN(C(=O)C4CC4)C(C)C3)n2)CC1. The van der Waals surface area contributed by atoms with Crippen LogP contribution >= 0.6 is 23.4 Å². The highest BCUT2D eigenvalue weighted by molar-refractivity contribution is 7.99. The van der Waals surface area contributed by atoms with Gasteiger partial charge in [-0.2, -0.15) is 0 Å². The van der Waals surface area contributed by atoms with Crippen LogP contribution in [0.2, 0.25) is 5.15 Å². The first-order valence-corrected chi connectivity index (χ1v) is 13.1. The van der Waals surface area contributed by atoms with E-state index in [1.54, 1.807) is 22.8 Å². The first kappa shape index (κ1) is 24.8. The van der Waals surface area contributed by atoms with Crippen LogP contribution in [0.1, 0.15) is 26.7 Å². The summed E-state index contributed by atoms with van der Waals surface area (Å²) >= 11 is 7.52. The molecule has 1 aromatic rings. The number of thioether (sulfide) groups is 1. The van der Waals surface area contributed by atoms with Crippen LogP contribution in [0.3, 0.4) is 0 Å². The molecule has 0 spiro atoms. The summed E-state index contributed by atoms with van der Waals surface area (Å²) in [6, 6.07) is 1.83. The first-order chi connectivity index (χ1) is 16.4. The fourth-order valence-electron chi connectivity index (χ4n) is 4.24. The summed E-state index contributed by atoms with van der Waals surface area (Å²) in [6.45, 7) is 8.06. The van der Waals surface area contributed by atoms with E-state index in [-0.39, 0.29) is 35.6 Å². The van der Waals surface area contributed by atoms with E-state index in [1.165, 1.54) is 11.8 Å². The van der Waals surface area contributed by atoms with Crippen molar-refractivity contribution in [1.82, 2.24) is 24.7 Å². The minimum absolute atomic E-state index is 0.0283. The molecule has 12 heteroatoms. The molecule has 186 valence electrons. The summed E-state index contributed by atoms with van der Waals surface area (Å²) in [5.74, 6) is 1.36. The van der Waals surface area contributed by atoms with E-state index >= 15 is 0 Å². The number of amides is 3. The topological polar surface area (TPSA) is 99.2 Å². The molecule has 4 rings (SSSR count). The van der Waals surface area contributed by atoms with Gasteiger partial charge < -0.3 is 24.3 Å². The van der Waals surface area contributed by atoms with E-state index in [9.17, 15) is 14.4 Å². The molecule has 1 aliphatic carbocycles. The van der Waals surface area contributed by atoms with Gasteiger partial charge in [0.05, 0.1) is 12.4 Å². The number of hydrogen-bond donors (Lipinski definition) is 0. The second kappa shape index (κ2) is 11.0. The van der Waals surface area contributed by atoms with Crippen LogP contribution in [-0.4, -0.2) is 107 Å². The first-order valence-electron chi connectivity index (χ1n) is 11.8. The van der Waals surface area contributed by atoms with Crippen LogP contribution in [0.4, 0.5) is 10.6 Å². The van der Waals surface area contributed by atoms with Crippen molar-refractivity contribution >= 4 is 47.1 Å². The van der Waals surface area contributed by atoms with Crippen LogP contribution in [0.5, 0.6) is 0 Å². The number of halogens is 1. The third kappa shape index (κ3) is 6.04. The van der Waals surface area contributed by atoms with E-state index in [2.05, 4.69) is 21.8 Å². The predicted molar refractivity (Wildman–Crippen MR) is 129 cm³/mol. The van der Waals surface area contributed by atoms with E-state index in [1.807, 2.05) is 4.90 Å². The van der Waals surface area contributed by atoms with E-state index in [0.717, 1.165) is 12.8 Å². The Morgan fingerprint density at radius 3 is 2.44 bits per heavy atom. The molecule has 1 unspecified atom stereocenters. The third-order valence-electron chi connectivity index (χ3n) is 6.31. The monoisotopic (exact) mass is 510 g/mol. The second-order valence-electron chi connectivity index (χ2n) is 8.79. The number of nitrogens with zero attached hydrogens (tertiary/aromatic N) is 6.